The van der Waals surface area contributed by atoms with Crippen LogP contribution in [0.25, 0.3) is 0 Å². The van der Waals surface area contributed by atoms with E-state index < -0.39 is 6.61 Å². The first kappa shape index (κ1) is 14.8. The van der Waals surface area contributed by atoms with Crippen molar-refractivity contribution in [3.05, 3.63) is 29.8 Å². The van der Waals surface area contributed by atoms with Crippen LogP contribution in [0.15, 0.2) is 24.3 Å². The third-order valence-electron chi connectivity index (χ3n) is 2.23. The van der Waals surface area contributed by atoms with Gasteiger partial charge in [-0.2, -0.15) is 14.3 Å². The highest BCUT2D eigenvalue weighted by Crippen LogP contribution is 2.20. The van der Waals surface area contributed by atoms with Crippen LogP contribution in [0.5, 0.6) is 5.75 Å². The number of hydrogen-bond donors (Lipinski definition) is 1. The topological polar surface area (TPSA) is 39.7 Å². The summed E-state index contributed by atoms with van der Waals surface area (Å²) in [7, 11) is 1.58. The van der Waals surface area contributed by atoms with Gasteiger partial charge in [0, 0.05) is 7.11 Å². The lowest BCUT2D eigenvalue weighted by atomic mass is 10.1. The number of nitrogens with one attached hydrogen (secondary N) is 1. The third-order valence-corrected chi connectivity index (χ3v) is 2.23. The average Bonchev–Trinajstić information content (AvgIpc) is 2.34. The fourth-order valence-corrected chi connectivity index (χ4v) is 1.34. The van der Waals surface area contributed by atoms with Crippen LogP contribution in [0, 0.1) is 0 Å². The van der Waals surface area contributed by atoms with E-state index in [1.165, 1.54) is 6.07 Å². The summed E-state index contributed by atoms with van der Waals surface area (Å²) in [4.78, 5) is 5.15. The van der Waals surface area contributed by atoms with Crippen molar-refractivity contribution in [3.8, 4) is 5.75 Å². The summed E-state index contributed by atoms with van der Waals surface area (Å²) in [5.74, 6) is 0.132. The van der Waals surface area contributed by atoms with Crippen molar-refractivity contribution in [1.29, 1.82) is 0 Å². The van der Waals surface area contributed by atoms with Gasteiger partial charge in [-0.15, -0.1) is 0 Å². The lowest BCUT2D eigenvalue weighted by molar-refractivity contribution is -0.0500. The normalized spacial score (nSPS) is 12.7. The second-order valence-electron chi connectivity index (χ2n) is 3.63. The van der Waals surface area contributed by atoms with Gasteiger partial charge < -0.3 is 9.47 Å². The number of alkyl halides is 2. The summed E-state index contributed by atoms with van der Waals surface area (Å²) >= 11 is 0. The van der Waals surface area contributed by atoms with E-state index in [1.54, 1.807) is 25.3 Å². The molecule has 4 nitrogen and oxygen atoms in total. The van der Waals surface area contributed by atoms with Crippen molar-refractivity contribution in [3.63, 3.8) is 0 Å². The molecule has 0 spiro atoms. The van der Waals surface area contributed by atoms with Crippen molar-refractivity contribution in [1.82, 2.24) is 5.48 Å². The van der Waals surface area contributed by atoms with Crippen molar-refractivity contribution < 1.29 is 23.1 Å². The zero-order valence-electron chi connectivity index (χ0n) is 10.4. The Bertz CT molecular complexity index is 350. The van der Waals surface area contributed by atoms with E-state index in [0.717, 1.165) is 5.56 Å². The number of methoxy groups -OCH3 is 1. The maximum Gasteiger partial charge on any atom is 0.387 e. The minimum absolute atomic E-state index is 0.132. The first-order valence-corrected chi connectivity index (χ1v) is 5.54. The highest BCUT2D eigenvalue weighted by Gasteiger charge is 2.08. The molecule has 1 aromatic carbocycles. The van der Waals surface area contributed by atoms with Gasteiger partial charge in [-0.3, -0.25) is 4.84 Å². The van der Waals surface area contributed by atoms with Crippen LogP contribution in [0.3, 0.4) is 0 Å². The predicted molar refractivity (Wildman–Crippen MR) is 62.5 cm³/mol. The molecular formula is C12H17F2NO3. The van der Waals surface area contributed by atoms with Gasteiger partial charge in [0.2, 0.25) is 0 Å². The zero-order chi connectivity index (χ0) is 13.4. The van der Waals surface area contributed by atoms with Gasteiger partial charge in [0.1, 0.15) is 5.75 Å². The van der Waals surface area contributed by atoms with Crippen LogP contribution in [0.4, 0.5) is 8.78 Å². The molecule has 0 heterocycles. The van der Waals surface area contributed by atoms with E-state index in [2.05, 4.69) is 10.2 Å². The Labute approximate surface area is 105 Å². The van der Waals surface area contributed by atoms with Gasteiger partial charge in [-0.05, 0) is 24.6 Å². The number of benzene rings is 1. The predicted octanol–water partition coefficient (Wildman–Crippen LogP) is 2.52. The van der Waals surface area contributed by atoms with Gasteiger partial charge in [-0.25, -0.2) is 0 Å². The minimum Gasteiger partial charge on any atom is -0.435 e. The van der Waals surface area contributed by atoms with Crippen LogP contribution in [-0.2, 0) is 9.57 Å². The second-order valence-corrected chi connectivity index (χ2v) is 3.63. The first-order chi connectivity index (χ1) is 8.63. The Hall–Kier alpha value is -1.24. The molecule has 1 N–H and O–H groups in total. The number of ether oxygens (including phenoxy) is 2. The summed E-state index contributed by atoms with van der Waals surface area (Å²) in [5, 5.41) is 0. The van der Waals surface area contributed by atoms with Gasteiger partial charge >= 0.3 is 6.61 Å². The monoisotopic (exact) mass is 261 g/mol. The van der Waals surface area contributed by atoms with Gasteiger partial charge in [0.15, 0.2) is 0 Å². The van der Waals surface area contributed by atoms with Gasteiger partial charge in [0.05, 0.1) is 19.3 Å². The average molecular weight is 261 g/mol. The van der Waals surface area contributed by atoms with Crippen molar-refractivity contribution >= 4 is 0 Å². The molecule has 0 bridgehead atoms. The molecule has 0 radical (unpaired) electrons. The van der Waals surface area contributed by atoms with Gasteiger partial charge in [-0.1, -0.05) is 12.1 Å². The lowest BCUT2D eigenvalue weighted by Crippen LogP contribution is -2.21. The Kier molecular flexibility index (Phi) is 6.56. The van der Waals surface area contributed by atoms with Crippen molar-refractivity contribution in [2.45, 2.75) is 19.6 Å². The third kappa shape index (κ3) is 5.39. The molecule has 1 aromatic rings. The first-order valence-electron chi connectivity index (χ1n) is 5.54. The van der Waals surface area contributed by atoms with Gasteiger partial charge in [0.25, 0.3) is 0 Å². The van der Waals surface area contributed by atoms with Crippen LogP contribution in [0.1, 0.15) is 18.5 Å². The molecular weight excluding hydrogens is 244 g/mol. The molecule has 0 aliphatic rings. The minimum atomic E-state index is -2.82. The van der Waals surface area contributed by atoms with E-state index in [0.29, 0.717) is 13.2 Å². The summed E-state index contributed by atoms with van der Waals surface area (Å²) in [6, 6.07) is 6.34. The van der Waals surface area contributed by atoms with E-state index in [9.17, 15) is 8.78 Å². The highest BCUT2D eigenvalue weighted by molar-refractivity contribution is 5.30. The number of halogens is 2. The standard InChI is InChI=1S/C12H17F2NO3/c1-9(15-17-7-6-16-2)10-4-3-5-11(8-10)18-12(13)14/h3-5,8-9,12,15H,6-7H2,1-2H3. The SMILES string of the molecule is COCCONC(C)c1cccc(OC(F)F)c1. The van der Waals surface area contributed by atoms with Crippen LogP contribution in [-0.4, -0.2) is 26.9 Å². The molecule has 0 saturated heterocycles. The second kappa shape index (κ2) is 7.97. The fourth-order valence-electron chi connectivity index (χ4n) is 1.34. The Morgan fingerprint density at radius 1 is 1.28 bits per heavy atom. The summed E-state index contributed by atoms with van der Waals surface area (Å²) in [6.07, 6.45) is 0. The summed E-state index contributed by atoms with van der Waals surface area (Å²) in [6.45, 7) is -0.0714. The molecule has 1 atom stereocenters. The van der Waals surface area contributed by atoms with E-state index in [1.807, 2.05) is 6.92 Å². The molecule has 102 valence electrons. The molecule has 0 fully saturated rings. The number of hydroxylamine groups is 1. The molecule has 0 aliphatic heterocycles. The van der Waals surface area contributed by atoms with E-state index in [4.69, 9.17) is 9.57 Å². The molecule has 18 heavy (non-hydrogen) atoms. The molecule has 0 aliphatic carbocycles. The molecule has 0 aromatic heterocycles. The van der Waals surface area contributed by atoms with Crippen molar-refractivity contribution in [2.24, 2.45) is 0 Å². The Balaban J connectivity index is 2.48. The summed E-state index contributed by atoms with van der Waals surface area (Å²) < 4.78 is 33.3. The largest absolute Gasteiger partial charge is 0.435 e. The number of hydrogen-bond acceptors (Lipinski definition) is 4. The zero-order valence-corrected chi connectivity index (χ0v) is 10.4. The van der Waals surface area contributed by atoms with Crippen LogP contribution < -0.4 is 10.2 Å². The van der Waals surface area contributed by atoms with E-state index in [-0.39, 0.29) is 11.8 Å². The maximum atomic E-state index is 12.1. The fraction of sp³-hybridized carbons (Fsp3) is 0.500. The molecule has 1 rings (SSSR count). The van der Waals surface area contributed by atoms with Crippen LogP contribution in [0.2, 0.25) is 0 Å². The molecule has 6 heteroatoms. The summed E-state index contributed by atoms with van der Waals surface area (Å²) in [5.41, 5.74) is 3.59. The Morgan fingerprint density at radius 3 is 2.72 bits per heavy atom. The maximum absolute atomic E-state index is 12.1. The quantitative estimate of drug-likeness (QED) is 0.576. The molecule has 0 saturated carbocycles. The lowest BCUT2D eigenvalue weighted by Gasteiger charge is -2.15. The van der Waals surface area contributed by atoms with E-state index >= 15 is 0 Å². The molecule has 0 amide bonds. The Morgan fingerprint density at radius 2 is 2.06 bits per heavy atom. The smallest absolute Gasteiger partial charge is 0.387 e. The molecule has 1 unspecified atom stereocenters. The highest BCUT2D eigenvalue weighted by atomic mass is 19.3. The van der Waals surface area contributed by atoms with Crippen molar-refractivity contribution in [2.75, 3.05) is 20.3 Å². The number of rotatable bonds is 8. The van der Waals surface area contributed by atoms with Crippen LogP contribution >= 0.6 is 0 Å².